The van der Waals surface area contributed by atoms with Crippen LogP contribution in [0.1, 0.15) is 111 Å². The summed E-state index contributed by atoms with van der Waals surface area (Å²) >= 11 is 0. The van der Waals surface area contributed by atoms with E-state index >= 15 is 0 Å². The molecule has 1 saturated heterocycles. The van der Waals surface area contributed by atoms with Crippen LogP contribution in [0.3, 0.4) is 0 Å². The van der Waals surface area contributed by atoms with Crippen LogP contribution in [0, 0.1) is 43.4 Å². The molecule has 0 saturated carbocycles. The Kier molecular flexibility index (Phi) is 9.81. The van der Waals surface area contributed by atoms with Gasteiger partial charge in [0.15, 0.2) is 11.2 Å². The molecule has 40 heavy (non-hydrogen) atoms. The third-order valence-electron chi connectivity index (χ3n) is 9.75. The highest BCUT2D eigenvalue weighted by atomic mass is 16.7. The predicted octanol–water partition coefficient (Wildman–Crippen LogP) is 6.80. The average Bonchev–Trinajstić information content (AvgIpc) is 2.95. The number of hydrogen-bond donors (Lipinski definition) is 0. The highest BCUT2D eigenvalue weighted by Crippen LogP contribution is 2.52. The largest absolute Gasteiger partial charge is 0.465 e. The van der Waals surface area contributed by atoms with Gasteiger partial charge in [-0.25, -0.2) is 0 Å². The molecule has 7 nitrogen and oxygen atoms in total. The van der Waals surface area contributed by atoms with Crippen LogP contribution in [0.25, 0.3) is 0 Å². The number of Topliss-reactive ketones (excluding diaryl/α,β-unsaturated/α-hetero) is 1. The van der Waals surface area contributed by atoms with Crippen LogP contribution in [0.15, 0.2) is 20.5 Å². The lowest BCUT2D eigenvalue weighted by molar-refractivity contribution is -0.347. The third-order valence-corrected chi connectivity index (χ3v) is 9.75. The van der Waals surface area contributed by atoms with E-state index in [-0.39, 0.29) is 40.9 Å². The van der Waals surface area contributed by atoms with Gasteiger partial charge in [0, 0.05) is 40.9 Å². The lowest BCUT2D eigenvalue weighted by Gasteiger charge is -2.56. The van der Waals surface area contributed by atoms with Crippen LogP contribution in [0.5, 0.6) is 0 Å². The molecule has 1 spiro atoms. The lowest BCUT2D eigenvalue weighted by atomic mass is 9.70. The Balaban J connectivity index is 2.20. The molecule has 2 aliphatic rings. The summed E-state index contributed by atoms with van der Waals surface area (Å²) in [5, 5.41) is 0. The van der Waals surface area contributed by atoms with Gasteiger partial charge in [0.2, 0.25) is 5.79 Å². The van der Waals surface area contributed by atoms with E-state index in [4.69, 9.17) is 18.6 Å². The number of ether oxygens (including phenoxy) is 3. The smallest absolute Gasteiger partial charge is 0.308 e. The molecule has 1 aromatic rings. The van der Waals surface area contributed by atoms with Crippen molar-refractivity contribution >= 4 is 11.8 Å². The summed E-state index contributed by atoms with van der Waals surface area (Å²) in [6, 6.07) is 0. The van der Waals surface area contributed by atoms with Crippen molar-refractivity contribution < 1.29 is 28.2 Å². The lowest BCUT2D eigenvalue weighted by Crippen LogP contribution is -2.65. The standard InChI is InChI=1S/C33H50O7/c1-13-16(4)28-20(8)27(35)23(11)33(39-28)24(12)31(38-32(36)17(5)14-2)22(10)30(40-33)21(9)29-19(7)26(34)18(6)25(15-3)37-29/h16-17,21-24,30-31H,13-15H2,1-12H3/t16-,17-,21+,22-,23+,24+,30+,31-,33-/m0/s1. The zero-order valence-corrected chi connectivity index (χ0v) is 26.6. The Bertz CT molecular complexity index is 1210. The van der Waals surface area contributed by atoms with Crippen LogP contribution >= 0.6 is 0 Å². The summed E-state index contributed by atoms with van der Waals surface area (Å²) in [5.41, 5.74) is 1.75. The molecule has 3 rings (SSSR count). The summed E-state index contributed by atoms with van der Waals surface area (Å²) in [7, 11) is 0. The van der Waals surface area contributed by atoms with E-state index in [0.717, 1.165) is 6.42 Å². The van der Waals surface area contributed by atoms with Crippen molar-refractivity contribution in [1.82, 2.24) is 0 Å². The van der Waals surface area contributed by atoms with Crippen LogP contribution in [0.4, 0.5) is 0 Å². The van der Waals surface area contributed by atoms with Gasteiger partial charge in [-0.1, -0.05) is 55.4 Å². The van der Waals surface area contributed by atoms with E-state index in [0.29, 0.717) is 46.8 Å². The number of hydrogen-bond acceptors (Lipinski definition) is 7. The molecule has 0 aromatic carbocycles. The SMILES string of the molecule is CCc1oc([C@@H](C)[C@H]2O[C@]3(OC([C@@H](C)CC)=C(C)C(=O)[C@H]3C)[C@H](C)[C@@H](OC(=O)[C@@H](C)CC)[C@H]2C)c(C)c(=O)c1C. The van der Waals surface area contributed by atoms with Gasteiger partial charge in [0.25, 0.3) is 0 Å². The molecule has 0 N–H and O–H groups in total. The number of carbonyl (C=O) groups is 2. The first-order valence-corrected chi connectivity index (χ1v) is 15.1. The molecular formula is C33H50O7. The number of aryl methyl sites for hydroxylation is 1. The number of rotatable bonds is 8. The quantitative estimate of drug-likeness (QED) is 0.324. The summed E-state index contributed by atoms with van der Waals surface area (Å²) in [6.45, 7) is 23.1. The fourth-order valence-corrected chi connectivity index (χ4v) is 6.44. The molecule has 0 amide bonds. The first-order valence-electron chi connectivity index (χ1n) is 15.1. The molecule has 7 heteroatoms. The molecule has 0 radical (unpaired) electrons. The van der Waals surface area contributed by atoms with E-state index in [1.807, 2.05) is 62.3 Å². The molecule has 2 aliphatic heterocycles. The zero-order chi connectivity index (χ0) is 30.3. The Hall–Kier alpha value is -2.41. The zero-order valence-electron chi connectivity index (χ0n) is 26.6. The maximum Gasteiger partial charge on any atom is 0.308 e. The Labute approximate surface area is 240 Å². The Morgan fingerprint density at radius 3 is 2.15 bits per heavy atom. The molecule has 0 aliphatic carbocycles. The van der Waals surface area contributed by atoms with E-state index in [9.17, 15) is 14.4 Å². The number of allylic oxidation sites excluding steroid dienone is 2. The van der Waals surface area contributed by atoms with Gasteiger partial charge in [-0.3, -0.25) is 14.4 Å². The molecule has 1 fully saturated rings. The van der Waals surface area contributed by atoms with E-state index in [1.54, 1.807) is 13.8 Å². The van der Waals surface area contributed by atoms with Crippen molar-refractivity contribution in [1.29, 1.82) is 0 Å². The molecular weight excluding hydrogens is 508 g/mol. The monoisotopic (exact) mass is 558 g/mol. The van der Waals surface area contributed by atoms with Crippen molar-refractivity contribution in [2.75, 3.05) is 0 Å². The second-order valence-corrected chi connectivity index (χ2v) is 12.3. The first-order chi connectivity index (χ1) is 18.7. The number of carbonyl (C=O) groups excluding carboxylic acids is 2. The number of ketones is 1. The van der Waals surface area contributed by atoms with Crippen LogP contribution in [0.2, 0.25) is 0 Å². The Morgan fingerprint density at radius 1 is 0.975 bits per heavy atom. The minimum atomic E-state index is -1.34. The van der Waals surface area contributed by atoms with Gasteiger partial charge in [-0.05, 0) is 40.5 Å². The average molecular weight is 559 g/mol. The van der Waals surface area contributed by atoms with E-state index in [2.05, 4.69) is 6.92 Å². The van der Waals surface area contributed by atoms with Crippen molar-refractivity contribution in [2.45, 2.75) is 126 Å². The van der Waals surface area contributed by atoms with Crippen LogP contribution in [-0.2, 0) is 30.2 Å². The van der Waals surface area contributed by atoms with Crippen LogP contribution < -0.4 is 5.43 Å². The van der Waals surface area contributed by atoms with E-state index in [1.165, 1.54) is 0 Å². The molecule has 224 valence electrons. The second-order valence-electron chi connectivity index (χ2n) is 12.3. The third kappa shape index (κ3) is 5.31. The maximum atomic E-state index is 13.7. The number of esters is 1. The van der Waals surface area contributed by atoms with Gasteiger partial charge in [-0.15, -0.1) is 0 Å². The van der Waals surface area contributed by atoms with Crippen LogP contribution in [-0.4, -0.2) is 29.7 Å². The summed E-state index contributed by atoms with van der Waals surface area (Å²) in [5.74, 6) is -1.71. The minimum Gasteiger partial charge on any atom is -0.465 e. The van der Waals surface area contributed by atoms with Gasteiger partial charge < -0.3 is 18.6 Å². The molecule has 0 unspecified atom stereocenters. The highest BCUT2D eigenvalue weighted by Gasteiger charge is 2.62. The predicted molar refractivity (Wildman–Crippen MR) is 155 cm³/mol. The fourth-order valence-electron chi connectivity index (χ4n) is 6.44. The maximum absolute atomic E-state index is 13.7. The summed E-state index contributed by atoms with van der Waals surface area (Å²) in [6.07, 6.45) is 0.934. The summed E-state index contributed by atoms with van der Waals surface area (Å²) < 4.78 is 26.4. The highest BCUT2D eigenvalue weighted by molar-refractivity contribution is 5.98. The fraction of sp³-hybridized carbons (Fsp3) is 0.727. The van der Waals surface area contributed by atoms with Crippen molar-refractivity contribution in [3.8, 4) is 0 Å². The summed E-state index contributed by atoms with van der Waals surface area (Å²) in [4.78, 5) is 40.0. The normalized spacial score (nSPS) is 31.1. The van der Waals surface area contributed by atoms with Crippen molar-refractivity contribution in [3.05, 3.63) is 44.2 Å². The molecule has 3 heterocycles. The topological polar surface area (TPSA) is 92.0 Å². The minimum absolute atomic E-state index is 0.0185. The van der Waals surface area contributed by atoms with Gasteiger partial charge in [-0.2, -0.15) is 0 Å². The van der Waals surface area contributed by atoms with Crippen molar-refractivity contribution in [2.24, 2.45) is 29.6 Å². The first kappa shape index (κ1) is 32.1. The van der Waals surface area contributed by atoms with E-state index < -0.39 is 29.8 Å². The van der Waals surface area contributed by atoms with Gasteiger partial charge >= 0.3 is 5.97 Å². The molecule has 1 aromatic heterocycles. The van der Waals surface area contributed by atoms with Gasteiger partial charge in [0.1, 0.15) is 23.4 Å². The Morgan fingerprint density at radius 2 is 1.60 bits per heavy atom. The second kappa shape index (κ2) is 12.2. The van der Waals surface area contributed by atoms with Crippen molar-refractivity contribution in [3.63, 3.8) is 0 Å². The molecule has 9 atom stereocenters. The van der Waals surface area contributed by atoms with Gasteiger partial charge in [0.05, 0.1) is 23.9 Å². The molecule has 0 bridgehead atoms.